The molecule has 1 aromatic heterocycles. The molecule has 134 valence electrons. The van der Waals surface area contributed by atoms with Gasteiger partial charge >= 0.3 is 12.5 Å². The maximum atomic E-state index is 13.3. The number of nitro benzene ring substituents is 1. The lowest BCUT2D eigenvalue weighted by atomic mass is 10.2. The highest BCUT2D eigenvalue weighted by atomic mass is 35.5. The molecule has 3 rings (SSSR count). The molecule has 0 atom stereocenters. The molecule has 7 nitrogen and oxygen atoms in total. The van der Waals surface area contributed by atoms with Crippen molar-refractivity contribution in [1.82, 2.24) is 9.55 Å². The Morgan fingerprint density at radius 1 is 1.31 bits per heavy atom. The van der Waals surface area contributed by atoms with Gasteiger partial charge in [-0.3, -0.25) is 14.7 Å². The Balaban J connectivity index is 1.87. The number of carbonyl (C=O) groups excluding carboxylic acids is 1. The molecular weight excluding hydrogens is 372 g/mol. The first-order valence-corrected chi connectivity index (χ1v) is 7.61. The van der Waals surface area contributed by atoms with E-state index in [4.69, 9.17) is 16.3 Å². The number of alkyl halides is 2. The van der Waals surface area contributed by atoms with Gasteiger partial charge in [-0.15, -0.1) is 0 Å². The molecule has 0 amide bonds. The second-order valence-corrected chi connectivity index (χ2v) is 5.57. The molecule has 1 heterocycles. The van der Waals surface area contributed by atoms with Crippen LogP contribution in [0.4, 0.5) is 14.5 Å². The number of para-hydroxylation sites is 2. The number of carbonyl (C=O) groups is 1. The predicted octanol–water partition coefficient (Wildman–Crippen LogP) is 4.35. The first kappa shape index (κ1) is 17.7. The summed E-state index contributed by atoms with van der Waals surface area (Å²) in [6.45, 7) is -3.42. The smallest absolute Gasteiger partial charge is 0.340 e. The normalized spacial score (nSPS) is 11.1. The highest BCUT2D eigenvalue weighted by Gasteiger charge is 2.21. The minimum absolute atomic E-state index is 0.0528. The second-order valence-electron chi connectivity index (χ2n) is 5.16. The first-order chi connectivity index (χ1) is 12.4. The lowest BCUT2D eigenvalue weighted by molar-refractivity contribution is -0.384. The van der Waals surface area contributed by atoms with Crippen LogP contribution < -0.4 is 0 Å². The number of fused-ring (bicyclic) bond motifs is 1. The molecule has 0 aliphatic carbocycles. The van der Waals surface area contributed by atoms with Crippen molar-refractivity contribution in [2.24, 2.45) is 0 Å². The molecule has 0 N–H and O–H groups in total. The number of non-ortho nitro benzene ring substituents is 1. The summed E-state index contributed by atoms with van der Waals surface area (Å²) in [5.41, 5.74) is -0.0593. The van der Waals surface area contributed by atoms with Crippen LogP contribution in [0.1, 0.15) is 22.7 Å². The van der Waals surface area contributed by atoms with E-state index in [1.165, 1.54) is 12.1 Å². The number of imidazole rings is 1. The summed E-state index contributed by atoms with van der Waals surface area (Å²) in [6.07, 6.45) is 0. The number of nitro groups is 1. The van der Waals surface area contributed by atoms with E-state index in [0.717, 1.165) is 12.1 Å². The monoisotopic (exact) mass is 381 g/mol. The molecule has 0 spiro atoms. The Bertz CT molecular complexity index is 1010. The fourth-order valence-electron chi connectivity index (χ4n) is 2.41. The third-order valence-corrected chi connectivity index (χ3v) is 3.91. The molecule has 0 radical (unpaired) electrons. The molecule has 3 aromatic rings. The van der Waals surface area contributed by atoms with E-state index >= 15 is 0 Å². The molecule has 0 saturated heterocycles. The minimum Gasteiger partial charge on any atom is -0.454 e. The standard InChI is InChI=1S/C16H10ClF2N3O4/c17-11-6-5-9(22(24)25)7-10(11)15(23)26-8-14-20-12-3-1-2-4-13(12)21(14)16(18)19/h1-7,16H,8H2. The fraction of sp³-hybridized carbons (Fsp3) is 0.125. The van der Waals surface area contributed by atoms with E-state index < -0.39 is 24.0 Å². The van der Waals surface area contributed by atoms with Gasteiger partial charge in [-0.25, -0.2) is 9.78 Å². The van der Waals surface area contributed by atoms with Gasteiger partial charge in [0.2, 0.25) is 0 Å². The maximum Gasteiger partial charge on any atom is 0.340 e. The number of esters is 1. The molecule has 0 bridgehead atoms. The number of benzene rings is 2. The number of rotatable bonds is 5. The van der Waals surface area contributed by atoms with Crippen LogP contribution in [-0.4, -0.2) is 20.4 Å². The van der Waals surface area contributed by atoms with Crippen LogP contribution in [0, 0.1) is 10.1 Å². The molecule has 0 unspecified atom stereocenters. The zero-order chi connectivity index (χ0) is 18.8. The lowest BCUT2D eigenvalue weighted by Crippen LogP contribution is -2.11. The SMILES string of the molecule is O=C(OCc1nc2ccccc2n1C(F)F)c1cc([N+](=O)[O-])ccc1Cl. The molecule has 26 heavy (non-hydrogen) atoms. The lowest BCUT2D eigenvalue weighted by Gasteiger charge is -2.09. The zero-order valence-electron chi connectivity index (χ0n) is 12.9. The minimum atomic E-state index is -2.88. The summed E-state index contributed by atoms with van der Waals surface area (Å²) >= 11 is 5.86. The summed E-state index contributed by atoms with van der Waals surface area (Å²) in [4.78, 5) is 26.3. The van der Waals surface area contributed by atoms with E-state index in [2.05, 4.69) is 4.98 Å². The average molecular weight is 382 g/mol. The van der Waals surface area contributed by atoms with Crippen LogP contribution in [0.3, 0.4) is 0 Å². The van der Waals surface area contributed by atoms with Crippen molar-refractivity contribution in [3.63, 3.8) is 0 Å². The Labute approximate surface area is 149 Å². The predicted molar refractivity (Wildman–Crippen MR) is 88.2 cm³/mol. The number of ether oxygens (including phenoxy) is 1. The van der Waals surface area contributed by atoms with Crippen LogP contribution >= 0.6 is 11.6 Å². The number of nitrogens with zero attached hydrogens (tertiary/aromatic N) is 3. The van der Waals surface area contributed by atoms with Crippen LogP contribution in [0.15, 0.2) is 42.5 Å². The number of halogens is 3. The van der Waals surface area contributed by atoms with Gasteiger partial charge < -0.3 is 4.74 Å². The topological polar surface area (TPSA) is 87.3 Å². The van der Waals surface area contributed by atoms with Crippen molar-refractivity contribution in [1.29, 1.82) is 0 Å². The number of hydrogen-bond acceptors (Lipinski definition) is 5. The van der Waals surface area contributed by atoms with Gasteiger partial charge in [0.15, 0.2) is 5.82 Å². The molecule has 0 aliphatic rings. The van der Waals surface area contributed by atoms with Crippen molar-refractivity contribution >= 4 is 34.3 Å². The first-order valence-electron chi connectivity index (χ1n) is 7.23. The van der Waals surface area contributed by atoms with Gasteiger partial charge in [0.1, 0.15) is 6.61 Å². The van der Waals surface area contributed by atoms with Crippen molar-refractivity contribution < 1.29 is 23.2 Å². The quantitative estimate of drug-likeness (QED) is 0.372. The Morgan fingerprint density at radius 2 is 2.04 bits per heavy atom. The third kappa shape index (κ3) is 3.33. The van der Waals surface area contributed by atoms with Crippen molar-refractivity contribution in [2.75, 3.05) is 0 Å². The molecule has 10 heteroatoms. The molecular formula is C16H10ClF2N3O4. The molecule has 2 aromatic carbocycles. The highest BCUT2D eigenvalue weighted by Crippen LogP contribution is 2.25. The van der Waals surface area contributed by atoms with E-state index in [-0.39, 0.29) is 27.6 Å². The van der Waals surface area contributed by atoms with E-state index in [9.17, 15) is 23.7 Å². The summed E-state index contributed by atoms with van der Waals surface area (Å²) in [5.74, 6) is -1.14. The van der Waals surface area contributed by atoms with Crippen molar-refractivity contribution in [2.45, 2.75) is 13.2 Å². The van der Waals surface area contributed by atoms with Crippen LogP contribution in [0.2, 0.25) is 5.02 Å². The van der Waals surface area contributed by atoms with Gasteiger partial charge in [0, 0.05) is 12.1 Å². The number of hydrogen-bond donors (Lipinski definition) is 0. The van der Waals surface area contributed by atoms with Gasteiger partial charge in [0.25, 0.3) is 5.69 Å². The van der Waals surface area contributed by atoms with Gasteiger partial charge in [-0.1, -0.05) is 23.7 Å². The Morgan fingerprint density at radius 3 is 2.73 bits per heavy atom. The van der Waals surface area contributed by atoms with E-state index in [1.54, 1.807) is 18.2 Å². The second kappa shape index (κ2) is 7.04. The van der Waals surface area contributed by atoms with Gasteiger partial charge in [-0.05, 0) is 18.2 Å². The van der Waals surface area contributed by atoms with Crippen LogP contribution in [0.5, 0.6) is 0 Å². The Hall–Kier alpha value is -3.07. The summed E-state index contributed by atoms with van der Waals surface area (Å²) in [6, 6.07) is 9.53. The summed E-state index contributed by atoms with van der Waals surface area (Å²) < 4.78 is 32.3. The summed E-state index contributed by atoms with van der Waals surface area (Å²) in [7, 11) is 0. The van der Waals surface area contributed by atoms with Crippen molar-refractivity contribution in [3.8, 4) is 0 Å². The molecule has 0 saturated carbocycles. The largest absolute Gasteiger partial charge is 0.454 e. The maximum absolute atomic E-state index is 13.3. The highest BCUT2D eigenvalue weighted by molar-refractivity contribution is 6.33. The van der Waals surface area contributed by atoms with Gasteiger partial charge in [-0.2, -0.15) is 8.78 Å². The number of aromatic nitrogens is 2. The van der Waals surface area contributed by atoms with Crippen LogP contribution in [0.25, 0.3) is 11.0 Å². The summed E-state index contributed by atoms with van der Waals surface area (Å²) in [5, 5.41) is 10.7. The third-order valence-electron chi connectivity index (χ3n) is 3.58. The molecule has 0 aliphatic heterocycles. The van der Waals surface area contributed by atoms with Crippen LogP contribution in [-0.2, 0) is 11.3 Å². The Kier molecular flexibility index (Phi) is 4.81. The van der Waals surface area contributed by atoms with Crippen molar-refractivity contribution in [3.05, 3.63) is 69.0 Å². The average Bonchev–Trinajstić information content (AvgIpc) is 2.98. The van der Waals surface area contributed by atoms with E-state index in [1.807, 2.05) is 0 Å². The zero-order valence-corrected chi connectivity index (χ0v) is 13.7. The van der Waals surface area contributed by atoms with E-state index in [0.29, 0.717) is 10.1 Å². The fourth-order valence-corrected chi connectivity index (χ4v) is 2.60. The molecule has 0 fully saturated rings. The van der Waals surface area contributed by atoms with Gasteiger partial charge in [0.05, 0.1) is 26.5 Å².